The summed E-state index contributed by atoms with van der Waals surface area (Å²) in [5, 5.41) is 8.68. The summed E-state index contributed by atoms with van der Waals surface area (Å²) in [6.45, 7) is 8.14. The number of rotatable bonds is 6. The number of aromatic nitrogens is 2. The minimum absolute atomic E-state index is 0.400. The zero-order chi connectivity index (χ0) is 15.4. The topological polar surface area (TPSA) is 29.9 Å². The van der Waals surface area contributed by atoms with Crippen molar-refractivity contribution < 1.29 is 0 Å². The van der Waals surface area contributed by atoms with Gasteiger partial charge in [-0.3, -0.25) is 4.68 Å². The molecule has 4 heteroatoms. The third-order valence-electron chi connectivity index (χ3n) is 3.86. The van der Waals surface area contributed by atoms with E-state index in [4.69, 9.17) is 11.6 Å². The predicted octanol–water partition coefficient (Wildman–Crippen LogP) is 3.63. The molecular formula is C17H24ClN3. The Morgan fingerprint density at radius 1 is 1.33 bits per heavy atom. The molecule has 0 aliphatic carbocycles. The van der Waals surface area contributed by atoms with Crippen LogP contribution in [0.15, 0.2) is 24.3 Å². The van der Waals surface area contributed by atoms with Gasteiger partial charge in [0.15, 0.2) is 0 Å². The fraction of sp³-hybridized carbons (Fsp3) is 0.471. The van der Waals surface area contributed by atoms with Crippen LogP contribution in [0.2, 0.25) is 5.02 Å². The number of halogens is 1. The average Bonchev–Trinajstić information content (AvgIpc) is 2.69. The minimum Gasteiger partial charge on any atom is -0.316 e. The normalized spacial score (nSPS) is 12.6. The summed E-state index contributed by atoms with van der Waals surface area (Å²) in [7, 11) is 1.97. The molecule has 0 saturated carbocycles. The van der Waals surface area contributed by atoms with Crippen LogP contribution in [-0.4, -0.2) is 22.9 Å². The molecule has 2 rings (SSSR count). The lowest BCUT2D eigenvalue weighted by atomic mass is 9.92. The molecule has 0 fully saturated rings. The smallest absolute Gasteiger partial charge is 0.0847 e. The number of likely N-dealkylation sites (N-methyl/N-ethyl adjacent to an activating group) is 1. The molecule has 2 aromatic rings. The van der Waals surface area contributed by atoms with E-state index in [1.165, 1.54) is 11.1 Å². The summed E-state index contributed by atoms with van der Waals surface area (Å²) in [6, 6.07) is 8.72. The number of benzene rings is 1. The highest BCUT2D eigenvalue weighted by atomic mass is 35.5. The molecule has 1 heterocycles. The molecule has 0 bridgehead atoms. The number of nitrogens with zero attached hydrogens (tertiary/aromatic N) is 2. The monoisotopic (exact) mass is 305 g/mol. The highest BCUT2D eigenvalue weighted by Crippen LogP contribution is 2.27. The first kappa shape index (κ1) is 16.1. The Labute approximate surface area is 132 Å². The van der Waals surface area contributed by atoms with Crippen molar-refractivity contribution in [1.29, 1.82) is 0 Å². The SMILES string of the molecule is CCNCC(Cc1c(Cl)c(C)nn1C)c1cccc(C)c1. The molecule has 1 aromatic carbocycles. The van der Waals surface area contributed by atoms with Crippen molar-refractivity contribution in [2.45, 2.75) is 33.1 Å². The zero-order valence-electron chi connectivity index (χ0n) is 13.3. The summed E-state index contributed by atoms with van der Waals surface area (Å²) in [5.74, 6) is 0.400. The van der Waals surface area contributed by atoms with E-state index in [0.29, 0.717) is 5.92 Å². The second kappa shape index (κ2) is 7.10. The molecule has 1 unspecified atom stereocenters. The molecule has 3 nitrogen and oxygen atoms in total. The van der Waals surface area contributed by atoms with Gasteiger partial charge in [-0.2, -0.15) is 5.10 Å². The lowest BCUT2D eigenvalue weighted by molar-refractivity contribution is 0.570. The van der Waals surface area contributed by atoms with E-state index < -0.39 is 0 Å². The van der Waals surface area contributed by atoms with Crippen molar-refractivity contribution in [3.8, 4) is 0 Å². The molecule has 0 aliphatic heterocycles. The predicted molar refractivity (Wildman–Crippen MR) is 89.1 cm³/mol. The molecule has 0 spiro atoms. The van der Waals surface area contributed by atoms with Gasteiger partial charge in [0.2, 0.25) is 0 Å². The highest BCUT2D eigenvalue weighted by Gasteiger charge is 2.18. The van der Waals surface area contributed by atoms with E-state index >= 15 is 0 Å². The molecular weight excluding hydrogens is 282 g/mol. The van der Waals surface area contributed by atoms with Crippen LogP contribution in [0, 0.1) is 13.8 Å². The van der Waals surface area contributed by atoms with E-state index in [1.54, 1.807) is 0 Å². The standard InChI is InChI=1S/C17H24ClN3/c1-5-19-11-15(14-8-6-7-12(2)9-14)10-16-17(18)13(3)20-21(16)4/h6-9,15,19H,5,10-11H2,1-4H3. The lowest BCUT2D eigenvalue weighted by Crippen LogP contribution is -2.23. The molecule has 1 N–H and O–H groups in total. The van der Waals surface area contributed by atoms with E-state index in [9.17, 15) is 0 Å². The summed E-state index contributed by atoms with van der Waals surface area (Å²) >= 11 is 6.41. The first-order chi connectivity index (χ1) is 10.0. The Morgan fingerprint density at radius 2 is 2.10 bits per heavy atom. The highest BCUT2D eigenvalue weighted by molar-refractivity contribution is 6.31. The Morgan fingerprint density at radius 3 is 2.67 bits per heavy atom. The van der Waals surface area contributed by atoms with Gasteiger partial charge < -0.3 is 5.32 Å². The van der Waals surface area contributed by atoms with Gasteiger partial charge in [0, 0.05) is 19.5 Å². The first-order valence-corrected chi connectivity index (χ1v) is 7.86. The molecule has 0 saturated heterocycles. The van der Waals surface area contributed by atoms with Crippen molar-refractivity contribution in [3.63, 3.8) is 0 Å². The van der Waals surface area contributed by atoms with Gasteiger partial charge in [0.25, 0.3) is 0 Å². The fourth-order valence-corrected chi connectivity index (χ4v) is 2.92. The average molecular weight is 306 g/mol. The van der Waals surface area contributed by atoms with Crippen LogP contribution in [0.4, 0.5) is 0 Å². The van der Waals surface area contributed by atoms with Crippen molar-refractivity contribution in [3.05, 3.63) is 51.8 Å². The van der Waals surface area contributed by atoms with Crippen LogP contribution in [0.1, 0.15) is 35.4 Å². The quantitative estimate of drug-likeness (QED) is 0.883. The molecule has 1 aromatic heterocycles. The molecule has 0 radical (unpaired) electrons. The third kappa shape index (κ3) is 3.86. The van der Waals surface area contributed by atoms with Crippen LogP contribution in [-0.2, 0) is 13.5 Å². The Kier molecular flexibility index (Phi) is 5.43. The van der Waals surface area contributed by atoms with Crippen LogP contribution < -0.4 is 5.32 Å². The second-order valence-corrected chi connectivity index (χ2v) is 5.97. The van der Waals surface area contributed by atoms with Gasteiger partial charge in [-0.1, -0.05) is 48.4 Å². The molecule has 114 valence electrons. The molecule has 21 heavy (non-hydrogen) atoms. The van der Waals surface area contributed by atoms with E-state index in [0.717, 1.165) is 35.9 Å². The second-order valence-electron chi connectivity index (χ2n) is 5.59. The van der Waals surface area contributed by atoms with E-state index in [1.807, 2.05) is 18.7 Å². The van der Waals surface area contributed by atoms with Crippen molar-refractivity contribution in [1.82, 2.24) is 15.1 Å². The van der Waals surface area contributed by atoms with Gasteiger partial charge in [-0.15, -0.1) is 0 Å². The van der Waals surface area contributed by atoms with E-state index in [-0.39, 0.29) is 0 Å². The van der Waals surface area contributed by atoms with Gasteiger partial charge >= 0.3 is 0 Å². The van der Waals surface area contributed by atoms with E-state index in [2.05, 4.69) is 48.5 Å². The largest absolute Gasteiger partial charge is 0.316 e. The Bertz CT molecular complexity index is 604. The zero-order valence-corrected chi connectivity index (χ0v) is 14.0. The molecule has 1 atom stereocenters. The molecule has 0 aliphatic rings. The van der Waals surface area contributed by atoms with Crippen LogP contribution in [0.5, 0.6) is 0 Å². The van der Waals surface area contributed by atoms with Crippen LogP contribution in [0.25, 0.3) is 0 Å². The van der Waals surface area contributed by atoms with Gasteiger partial charge in [0.05, 0.1) is 16.4 Å². The van der Waals surface area contributed by atoms with Crippen molar-refractivity contribution in [2.24, 2.45) is 7.05 Å². The third-order valence-corrected chi connectivity index (χ3v) is 4.35. The Hall–Kier alpha value is -1.32. The number of aryl methyl sites for hydroxylation is 3. The van der Waals surface area contributed by atoms with Crippen molar-refractivity contribution in [2.75, 3.05) is 13.1 Å². The minimum atomic E-state index is 0.400. The summed E-state index contributed by atoms with van der Waals surface area (Å²) in [5.41, 5.74) is 4.66. The number of nitrogens with one attached hydrogen (secondary N) is 1. The summed E-state index contributed by atoms with van der Waals surface area (Å²) in [4.78, 5) is 0. The van der Waals surface area contributed by atoms with Crippen LogP contribution >= 0.6 is 11.6 Å². The van der Waals surface area contributed by atoms with Crippen molar-refractivity contribution >= 4 is 11.6 Å². The lowest BCUT2D eigenvalue weighted by Gasteiger charge is -2.19. The molecule has 0 amide bonds. The maximum atomic E-state index is 6.41. The maximum absolute atomic E-state index is 6.41. The number of hydrogen-bond donors (Lipinski definition) is 1. The summed E-state index contributed by atoms with van der Waals surface area (Å²) < 4.78 is 1.91. The number of hydrogen-bond acceptors (Lipinski definition) is 2. The maximum Gasteiger partial charge on any atom is 0.0847 e. The Balaban J connectivity index is 2.28. The fourth-order valence-electron chi connectivity index (χ4n) is 2.69. The van der Waals surface area contributed by atoms with Gasteiger partial charge in [0.1, 0.15) is 0 Å². The summed E-state index contributed by atoms with van der Waals surface area (Å²) in [6.07, 6.45) is 0.895. The van der Waals surface area contributed by atoms with Crippen LogP contribution in [0.3, 0.4) is 0 Å². The van der Waals surface area contributed by atoms with Gasteiger partial charge in [-0.25, -0.2) is 0 Å². The first-order valence-electron chi connectivity index (χ1n) is 7.48. The van der Waals surface area contributed by atoms with Gasteiger partial charge in [-0.05, 0) is 32.4 Å².